The minimum atomic E-state index is -0.419. The second kappa shape index (κ2) is 5.91. The number of nitrogens with two attached hydrogens (primary N) is 1. The van der Waals surface area contributed by atoms with E-state index in [2.05, 4.69) is 4.90 Å². The molecule has 2 aromatic rings. The first kappa shape index (κ1) is 14.2. The number of fused-ring (bicyclic) bond motifs is 1. The number of carbonyl (C=O) groups is 2. The molecule has 0 aliphatic carbocycles. The summed E-state index contributed by atoms with van der Waals surface area (Å²) in [7, 11) is 0. The van der Waals surface area contributed by atoms with Crippen LogP contribution in [0.25, 0.3) is 0 Å². The lowest BCUT2D eigenvalue weighted by molar-refractivity contribution is -0.109. The van der Waals surface area contributed by atoms with Crippen LogP contribution in [0.2, 0.25) is 0 Å². The van der Waals surface area contributed by atoms with Crippen molar-refractivity contribution in [1.82, 2.24) is 0 Å². The van der Waals surface area contributed by atoms with Crippen LogP contribution in [0, 0.1) is 0 Å². The molecular formula is C15H14N2O2S2. The van der Waals surface area contributed by atoms with Gasteiger partial charge in [0.15, 0.2) is 0 Å². The average molecular weight is 318 g/mol. The maximum Gasteiger partial charge on any atom is 0.258 e. The number of primary amides is 1. The molecule has 6 heteroatoms. The van der Waals surface area contributed by atoms with Crippen LogP contribution >= 0.6 is 23.1 Å². The quantitative estimate of drug-likeness (QED) is 0.880. The summed E-state index contributed by atoms with van der Waals surface area (Å²) in [6.07, 6.45) is 0.955. The second-order valence-corrected chi connectivity index (χ2v) is 7.10. The minimum Gasteiger partial charge on any atom is -0.365 e. The van der Waals surface area contributed by atoms with E-state index in [1.54, 1.807) is 17.8 Å². The molecule has 4 nitrogen and oxygen atoms in total. The molecule has 0 saturated heterocycles. The maximum absolute atomic E-state index is 11.6. The van der Waals surface area contributed by atoms with E-state index in [1.807, 2.05) is 30.3 Å². The van der Waals surface area contributed by atoms with E-state index in [-0.39, 0.29) is 6.04 Å². The zero-order chi connectivity index (χ0) is 14.8. The molecule has 3 rings (SSSR count). The van der Waals surface area contributed by atoms with Gasteiger partial charge < -0.3 is 15.4 Å². The summed E-state index contributed by atoms with van der Waals surface area (Å²) in [6, 6.07) is 11.1. The van der Waals surface area contributed by atoms with Crippen molar-refractivity contribution in [3.63, 3.8) is 0 Å². The van der Waals surface area contributed by atoms with Crippen molar-refractivity contribution in [2.75, 3.05) is 17.2 Å². The summed E-state index contributed by atoms with van der Waals surface area (Å²) in [5.74, 6) is 0.473. The minimum absolute atomic E-state index is 0.332. The first-order chi connectivity index (χ1) is 10.2. The molecule has 1 aromatic carbocycles. The van der Waals surface area contributed by atoms with Gasteiger partial charge in [-0.05, 0) is 11.6 Å². The molecule has 1 aliphatic heterocycles. The molecule has 21 heavy (non-hydrogen) atoms. The topological polar surface area (TPSA) is 63.4 Å². The van der Waals surface area contributed by atoms with Crippen molar-refractivity contribution in [1.29, 1.82) is 0 Å². The molecule has 1 atom stereocenters. The van der Waals surface area contributed by atoms with Crippen molar-refractivity contribution < 1.29 is 9.59 Å². The van der Waals surface area contributed by atoms with Crippen LogP contribution in [0.3, 0.4) is 0 Å². The largest absolute Gasteiger partial charge is 0.365 e. The lowest BCUT2D eigenvalue weighted by atomic mass is 10.1. The molecule has 1 aliphatic rings. The molecule has 0 radical (unpaired) electrons. The predicted octanol–water partition coefficient (Wildman–Crippen LogP) is 2.70. The van der Waals surface area contributed by atoms with E-state index in [1.165, 1.54) is 11.3 Å². The highest BCUT2D eigenvalue weighted by molar-refractivity contribution is 8.01. The molecule has 0 fully saturated rings. The van der Waals surface area contributed by atoms with E-state index < -0.39 is 5.91 Å². The van der Waals surface area contributed by atoms with E-state index in [9.17, 15) is 9.59 Å². The van der Waals surface area contributed by atoms with Crippen molar-refractivity contribution in [2.45, 2.75) is 10.3 Å². The third-order valence-electron chi connectivity index (χ3n) is 3.40. The Kier molecular flexibility index (Phi) is 3.98. The molecule has 0 saturated carbocycles. The number of carbonyl (C=O) groups excluding carboxylic acids is 2. The zero-order valence-electron chi connectivity index (χ0n) is 11.2. The molecule has 1 unspecified atom stereocenters. The Labute approximate surface area is 130 Å². The number of hydrogen-bond donors (Lipinski definition) is 1. The molecule has 2 N–H and O–H groups in total. The third kappa shape index (κ3) is 2.69. The number of amides is 1. The Morgan fingerprint density at radius 2 is 2.10 bits per heavy atom. The van der Waals surface area contributed by atoms with Gasteiger partial charge in [-0.3, -0.25) is 4.79 Å². The van der Waals surface area contributed by atoms with Gasteiger partial charge in [0.1, 0.15) is 12.3 Å². The van der Waals surface area contributed by atoms with E-state index in [4.69, 9.17) is 5.73 Å². The van der Waals surface area contributed by atoms with Crippen molar-refractivity contribution in [2.24, 2.45) is 5.73 Å². The van der Waals surface area contributed by atoms with Gasteiger partial charge in [-0.15, -0.1) is 23.1 Å². The van der Waals surface area contributed by atoms with E-state index in [0.29, 0.717) is 4.88 Å². The Bertz CT molecular complexity index is 670. The number of thioether (sulfide) groups is 1. The summed E-state index contributed by atoms with van der Waals surface area (Å²) in [5.41, 5.74) is 7.26. The molecule has 1 amide bonds. The molecule has 108 valence electrons. The van der Waals surface area contributed by atoms with Gasteiger partial charge in [-0.1, -0.05) is 30.3 Å². The fourth-order valence-corrected chi connectivity index (χ4v) is 4.72. The Morgan fingerprint density at radius 1 is 1.33 bits per heavy atom. The number of benzene rings is 1. The van der Waals surface area contributed by atoms with Gasteiger partial charge in [0, 0.05) is 12.3 Å². The first-order valence-electron chi connectivity index (χ1n) is 6.54. The number of rotatable bonds is 4. The normalized spacial score (nSPS) is 15.3. The van der Waals surface area contributed by atoms with Crippen molar-refractivity contribution in [3.8, 4) is 0 Å². The predicted molar refractivity (Wildman–Crippen MR) is 86.2 cm³/mol. The summed E-state index contributed by atoms with van der Waals surface area (Å²) in [6.45, 7) is 0.769. The van der Waals surface area contributed by atoms with Crippen LogP contribution in [0.15, 0.2) is 40.6 Å². The third-order valence-corrected chi connectivity index (χ3v) is 5.80. The molecular weight excluding hydrogens is 304 g/mol. The Morgan fingerprint density at radius 3 is 2.76 bits per heavy atom. The number of thiophene rings is 1. The van der Waals surface area contributed by atoms with Gasteiger partial charge in [0.25, 0.3) is 5.91 Å². The lowest BCUT2D eigenvalue weighted by Gasteiger charge is -2.33. The fourth-order valence-electron chi connectivity index (χ4n) is 2.42. The maximum atomic E-state index is 11.6. The van der Waals surface area contributed by atoms with Gasteiger partial charge in [-0.25, -0.2) is 0 Å². The smallest absolute Gasteiger partial charge is 0.258 e. The van der Waals surface area contributed by atoms with Gasteiger partial charge in [0.2, 0.25) is 0 Å². The summed E-state index contributed by atoms with van der Waals surface area (Å²) in [5, 5.41) is 0. The fraction of sp³-hybridized carbons (Fsp3) is 0.200. The number of nitrogens with zero attached hydrogens (tertiary/aromatic N) is 1. The molecule has 0 bridgehead atoms. The molecule has 2 heterocycles. The van der Waals surface area contributed by atoms with Crippen LogP contribution in [0.5, 0.6) is 0 Å². The van der Waals surface area contributed by atoms with Crippen LogP contribution in [0.4, 0.5) is 5.69 Å². The number of aldehydes is 1. The van der Waals surface area contributed by atoms with Crippen molar-refractivity contribution >= 4 is 41.0 Å². The number of hydrogen-bond acceptors (Lipinski definition) is 5. The van der Waals surface area contributed by atoms with Gasteiger partial charge in [0.05, 0.1) is 14.8 Å². The van der Waals surface area contributed by atoms with Crippen LogP contribution in [0.1, 0.15) is 21.3 Å². The molecule has 1 aromatic heterocycles. The average Bonchev–Trinajstić information content (AvgIpc) is 2.94. The molecule has 0 spiro atoms. The highest BCUT2D eigenvalue weighted by atomic mass is 32.2. The van der Waals surface area contributed by atoms with Crippen LogP contribution < -0.4 is 10.6 Å². The van der Waals surface area contributed by atoms with E-state index >= 15 is 0 Å². The van der Waals surface area contributed by atoms with Crippen LogP contribution in [-0.2, 0) is 4.79 Å². The highest BCUT2D eigenvalue weighted by Gasteiger charge is 2.28. The summed E-state index contributed by atoms with van der Waals surface area (Å²) >= 11 is 3.11. The second-order valence-electron chi connectivity index (χ2n) is 4.68. The van der Waals surface area contributed by atoms with Crippen molar-refractivity contribution in [3.05, 3.63) is 46.8 Å². The van der Waals surface area contributed by atoms with Crippen LogP contribution in [-0.4, -0.2) is 24.5 Å². The first-order valence-corrected chi connectivity index (χ1v) is 8.34. The van der Waals surface area contributed by atoms with Gasteiger partial charge in [-0.2, -0.15) is 0 Å². The Balaban J connectivity index is 2.00. The zero-order valence-corrected chi connectivity index (χ0v) is 12.8. The standard InChI is InChI=1S/C15H14N2O2S2/c16-14(19)13-8-11-15(21-13)20-7-6-17(11)12(9-18)10-4-2-1-3-5-10/h1-5,8-9,12H,6-7H2,(H2,16,19). The highest BCUT2D eigenvalue weighted by Crippen LogP contribution is 2.44. The SMILES string of the molecule is NC(=O)c1cc2c(s1)SCCN2C(C=O)c1ccccc1. The summed E-state index contributed by atoms with van der Waals surface area (Å²) in [4.78, 5) is 25.6. The Hall–Kier alpha value is -1.79. The van der Waals surface area contributed by atoms with E-state index in [0.717, 1.165) is 34.0 Å². The lowest BCUT2D eigenvalue weighted by Crippen LogP contribution is -2.33. The van der Waals surface area contributed by atoms with Gasteiger partial charge >= 0.3 is 0 Å². The summed E-state index contributed by atoms with van der Waals surface area (Å²) < 4.78 is 1.05. The number of anilines is 1. The monoisotopic (exact) mass is 318 g/mol.